The molecule has 2 aromatic rings. The summed E-state index contributed by atoms with van der Waals surface area (Å²) < 4.78 is 6.68. The van der Waals surface area contributed by atoms with Gasteiger partial charge in [0, 0.05) is 18.6 Å². The number of halogens is 1. The van der Waals surface area contributed by atoms with Gasteiger partial charge in [0.1, 0.15) is 5.75 Å². The van der Waals surface area contributed by atoms with Crippen LogP contribution < -0.4 is 10.3 Å². The molecule has 0 atom stereocenters. The van der Waals surface area contributed by atoms with Crippen LogP contribution >= 0.6 is 15.9 Å². The number of fused-ring (bicyclic) bond motifs is 1. The largest absolute Gasteiger partial charge is 0.496 e. The van der Waals surface area contributed by atoms with Crippen LogP contribution in [-0.2, 0) is 7.05 Å². The molecule has 0 fully saturated rings. The molecule has 0 amide bonds. The predicted octanol–water partition coefficient (Wildman–Crippen LogP) is 2.12. The molecule has 0 unspecified atom stereocenters. The minimum absolute atomic E-state index is 0.111. The second-order valence-corrected chi connectivity index (χ2v) is 4.49. The SMILES string of the molecule is COc1cc2ccn(C)c(=O)c2cc1C(=O)CBr. The van der Waals surface area contributed by atoms with Gasteiger partial charge < -0.3 is 9.30 Å². The molecule has 2 rings (SSSR count). The van der Waals surface area contributed by atoms with E-state index in [1.807, 2.05) is 6.07 Å². The van der Waals surface area contributed by atoms with Gasteiger partial charge in [-0.25, -0.2) is 0 Å². The van der Waals surface area contributed by atoms with Gasteiger partial charge in [-0.1, -0.05) is 15.9 Å². The summed E-state index contributed by atoms with van der Waals surface area (Å²) in [5.41, 5.74) is 0.295. The average molecular weight is 310 g/mol. The lowest BCUT2D eigenvalue weighted by molar-refractivity contribution is 0.102. The van der Waals surface area contributed by atoms with Crippen molar-refractivity contribution >= 4 is 32.5 Å². The molecular weight excluding hydrogens is 298 g/mol. The number of rotatable bonds is 3. The van der Waals surface area contributed by atoms with Crippen molar-refractivity contribution < 1.29 is 9.53 Å². The smallest absolute Gasteiger partial charge is 0.258 e. The van der Waals surface area contributed by atoms with Gasteiger partial charge in [0.05, 0.1) is 18.0 Å². The van der Waals surface area contributed by atoms with Crippen LogP contribution in [0.5, 0.6) is 5.75 Å². The van der Waals surface area contributed by atoms with Crippen molar-refractivity contribution in [1.29, 1.82) is 0 Å². The number of carbonyl (C=O) groups excluding carboxylic acids is 1. The van der Waals surface area contributed by atoms with E-state index >= 15 is 0 Å². The van der Waals surface area contributed by atoms with Crippen LogP contribution in [0.15, 0.2) is 29.2 Å². The maximum Gasteiger partial charge on any atom is 0.258 e. The van der Waals surface area contributed by atoms with E-state index in [4.69, 9.17) is 4.74 Å². The van der Waals surface area contributed by atoms with Crippen LogP contribution in [0.4, 0.5) is 0 Å². The fraction of sp³-hybridized carbons (Fsp3) is 0.231. The van der Waals surface area contributed by atoms with E-state index in [1.165, 1.54) is 11.7 Å². The summed E-state index contributed by atoms with van der Waals surface area (Å²) in [6.45, 7) is 0. The van der Waals surface area contributed by atoms with E-state index in [2.05, 4.69) is 15.9 Å². The maximum atomic E-state index is 12.0. The highest BCUT2D eigenvalue weighted by Gasteiger charge is 2.14. The van der Waals surface area contributed by atoms with Crippen LogP contribution in [0.25, 0.3) is 10.8 Å². The summed E-state index contributed by atoms with van der Waals surface area (Å²) in [4.78, 5) is 23.8. The fourth-order valence-electron chi connectivity index (χ4n) is 1.83. The molecule has 1 heterocycles. The van der Waals surface area contributed by atoms with Gasteiger partial charge in [0.25, 0.3) is 5.56 Å². The summed E-state index contributed by atoms with van der Waals surface area (Å²) in [5.74, 6) is 0.375. The van der Waals surface area contributed by atoms with E-state index < -0.39 is 0 Å². The molecule has 1 aromatic heterocycles. The number of hydrogen-bond acceptors (Lipinski definition) is 3. The Labute approximate surface area is 112 Å². The van der Waals surface area contributed by atoms with E-state index in [9.17, 15) is 9.59 Å². The lowest BCUT2D eigenvalue weighted by Crippen LogP contribution is -2.16. The summed E-state index contributed by atoms with van der Waals surface area (Å²) in [6, 6.07) is 5.13. The third-order valence-electron chi connectivity index (χ3n) is 2.82. The molecule has 0 bridgehead atoms. The summed E-state index contributed by atoms with van der Waals surface area (Å²) >= 11 is 3.12. The zero-order valence-corrected chi connectivity index (χ0v) is 11.7. The highest BCUT2D eigenvalue weighted by molar-refractivity contribution is 9.09. The van der Waals surface area contributed by atoms with E-state index in [1.54, 1.807) is 25.4 Å². The lowest BCUT2D eigenvalue weighted by Gasteiger charge is -2.09. The van der Waals surface area contributed by atoms with Gasteiger partial charge in [-0.15, -0.1) is 0 Å². The van der Waals surface area contributed by atoms with Gasteiger partial charge in [0.15, 0.2) is 5.78 Å². The van der Waals surface area contributed by atoms with Gasteiger partial charge in [-0.3, -0.25) is 9.59 Å². The molecule has 0 aliphatic carbocycles. The third kappa shape index (κ3) is 2.06. The quantitative estimate of drug-likeness (QED) is 0.644. The average Bonchev–Trinajstić information content (AvgIpc) is 2.41. The van der Waals surface area contributed by atoms with Crippen LogP contribution in [0.3, 0.4) is 0 Å². The Morgan fingerprint density at radius 1 is 1.44 bits per heavy atom. The zero-order valence-electron chi connectivity index (χ0n) is 10.1. The van der Waals surface area contributed by atoms with Crippen LogP contribution in [0.1, 0.15) is 10.4 Å². The zero-order chi connectivity index (χ0) is 13.3. The van der Waals surface area contributed by atoms with Crippen LogP contribution in [-0.4, -0.2) is 22.8 Å². The van der Waals surface area contributed by atoms with Crippen molar-refractivity contribution in [3.8, 4) is 5.75 Å². The second-order valence-electron chi connectivity index (χ2n) is 3.93. The van der Waals surface area contributed by atoms with Crippen molar-refractivity contribution in [1.82, 2.24) is 4.57 Å². The van der Waals surface area contributed by atoms with Crippen LogP contribution in [0.2, 0.25) is 0 Å². The van der Waals surface area contributed by atoms with E-state index in [0.717, 1.165) is 5.39 Å². The molecule has 1 aromatic carbocycles. The number of carbonyl (C=O) groups is 1. The van der Waals surface area contributed by atoms with Gasteiger partial charge in [-0.2, -0.15) is 0 Å². The first-order valence-corrected chi connectivity index (χ1v) is 6.47. The third-order valence-corrected chi connectivity index (χ3v) is 3.33. The molecule has 0 radical (unpaired) electrons. The van der Waals surface area contributed by atoms with Crippen molar-refractivity contribution in [2.75, 3.05) is 12.4 Å². The maximum absolute atomic E-state index is 12.0. The Bertz CT molecular complexity index is 676. The number of aromatic nitrogens is 1. The number of hydrogen-bond donors (Lipinski definition) is 0. The molecule has 0 aliphatic rings. The monoisotopic (exact) mass is 309 g/mol. The number of pyridine rings is 1. The predicted molar refractivity (Wildman–Crippen MR) is 73.9 cm³/mol. The number of Topliss-reactive ketones (excluding diaryl/α,β-unsaturated/α-hetero) is 1. The van der Waals surface area contributed by atoms with Crippen LogP contribution in [0, 0.1) is 0 Å². The molecule has 4 nitrogen and oxygen atoms in total. The van der Waals surface area contributed by atoms with Gasteiger partial charge >= 0.3 is 0 Å². The minimum atomic E-state index is -0.126. The minimum Gasteiger partial charge on any atom is -0.496 e. The molecule has 0 N–H and O–H groups in total. The molecule has 94 valence electrons. The molecule has 0 spiro atoms. The molecule has 0 aliphatic heterocycles. The van der Waals surface area contributed by atoms with E-state index in [-0.39, 0.29) is 16.7 Å². The number of alkyl halides is 1. The normalized spacial score (nSPS) is 10.6. The first-order valence-electron chi connectivity index (χ1n) is 5.35. The topological polar surface area (TPSA) is 48.3 Å². The van der Waals surface area contributed by atoms with E-state index in [0.29, 0.717) is 16.7 Å². The first-order chi connectivity index (χ1) is 8.58. The Balaban J connectivity index is 2.82. The van der Waals surface area contributed by atoms with Crippen molar-refractivity contribution in [2.45, 2.75) is 0 Å². The van der Waals surface area contributed by atoms with Crippen molar-refractivity contribution in [2.24, 2.45) is 7.05 Å². The molecular formula is C13H12BrNO3. The lowest BCUT2D eigenvalue weighted by atomic mass is 10.0. The summed E-state index contributed by atoms with van der Waals surface area (Å²) in [5, 5.41) is 1.48. The molecule has 5 heteroatoms. The summed E-state index contributed by atoms with van der Waals surface area (Å²) in [7, 11) is 3.19. The highest BCUT2D eigenvalue weighted by atomic mass is 79.9. The van der Waals surface area contributed by atoms with Gasteiger partial charge in [0.2, 0.25) is 0 Å². The number of aryl methyl sites for hydroxylation is 1. The second kappa shape index (κ2) is 4.94. The highest BCUT2D eigenvalue weighted by Crippen LogP contribution is 2.25. The number of methoxy groups -OCH3 is 1. The number of benzene rings is 1. The number of ketones is 1. The van der Waals surface area contributed by atoms with Crippen molar-refractivity contribution in [3.63, 3.8) is 0 Å². The standard InChI is InChI=1S/C13H12BrNO3/c1-15-4-3-8-5-12(18-2)10(11(16)7-14)6-9(8)13(15)17/h3-6H,7H2,1-2H3. The molecule has 0 saturated carbocycles. The number of ether oxygens (including phenoxy) is 1. The Hall–Kier alpha value is -1.62. The Morgan fingerprint density at radius 3 is 2.78 bits per heavy atom. The van der Waals surface area contributed by atoms with Gasteiger partial charge in [-0.05, 0) is 23.6 Å². The molecule has 18 heavy (non-hydrogen) atoms. The number of nitrogens with zero attached hydrogens (tertiary/aromatic N) is 1. The Kier molecular flexibility index (Phi) is 3.52. The summed E-state index contributed by atoms with van der Waals surface area (Å²) in [6.07, 6.45) is 1.69. The Morgan fingerprint density at radius 2 is 2.17 bits per heavy atom. The fourth-order valence-corrected chi connectivity index (χ4v) is 2.13. The first kappa shape index (κ1) is 12.8. The van der Waals surface area contributed by atoms with Crippen molar-refractivity contribution in [3.05, 3.63) is 40.3 Å². The molecule has 0 saturated heterocycles.